The Balaban J connectivity index is 1.83. The molecule has 0 spiro atoms. The largest absolute Gasteiger partial charge is 0.496 e. The van der Waals surface area contributed by atoms with Gasteiger partial charge in [-0.15, -0.1) is 11.3 Å². The van der Waals surface area contributed by atoms with Crippen molar-refractivity contribution in [3.05, 3.63) is 62.8 Å². The van der Waals surface area contributed by atoms with Crippen LogP contribution in [0.1, 0.15) is 10.4 Å². The zero-order valence-corrected chi connectivity index (χ0v) is 14.1. The molecule has 0 aliphatic rings. The number of rotatable bonds is 5. The predicted octanol–water partition coefficient (Wildman–Crippen LogP) is 4.96. The van der Waals surface area contributed by atoms with E-state index in [1.165, 1.54) is 25.7 Å². The lowest BCUT2D eigenvalue weighted by atomic mass is 10.0. The highest BCUT2D eigenvalue weighted by Gasteiger charge is 2.08. The van der Waals surface area contributed by atoms with E-state index in [1.54, 1.807) is 18.4 Å². The highest BCUT2D eigenvalue weighted by atomic mass is 79.9. The van der Waals surface area contributed by atoms with Gasteiger partial charge in [0.2, 0.25) is 0 Å². The van der Waals surface area contributed by atoms with Crippen molar-refractivity contribution < 1.29 is 4.74 Å². The minimum absolute atomic E-state index is 0.787. The summed E-state index contributed by atoms with van der Waals surface area (Å²) in [5, 5.41) is 8.10. The van der Waals surface area contributed by atoms with E-state index >= 15 is 0 Å². The third-order valence-electron chi connectivity index (χ3n) is 3.50. The highest BCUT2D eigenvalue weighted by molar-refractivity contribution is 9.10. The molecule has 4 heteroatoms. The fourth-order valence-corrected chi connectivity index (χ4v) is 3.90. The zero-order valence-electron chi connectivity index (χ0n) is 11.7. The Morgan fingerprint density at radius 1 is 1.10 bits per heavy atom. The molecule has 2 nitrogen and oxygen atoms in total. The highest BCUT2D eigenvalue weighted by Crippen LogP contribution is 2.28. The van der Waals surface area contributed by atoms with E-state index in [1.807, 2.05) is 6.07 Å². The van der Waals surface area contributed by atoms with Gasteiger partial charge in [-0.2, -0.15) is 0 Å². The van der Waals surface area contributed by atoms with E-state index in [0.29, 0.717) is 0 Å². The first-order valence-electron chi connectivity index (χ1n) is 6.77. The Bertz CT molecular complexity index is 753. The fourth-order valence-electron chi connectivity index (χ4n) is 2.44. The maximum atomic E-state index is 5.52. The van der Waals surface area contributed by atoms with Crippen LogP contribution in [0, 0.1) is 0 Å². The molecule has 108 valence electrons. The molecule has 1 heterocycles. The van der Waals surface area contributed by atoms with Gasteiger partial charge in [0.1, 0.15) is 5.75 Å². The number of benzene rings is 2. The van der Waals surface area contributed by atoms with Crippen LogP contribution in [0.5, 0.6) is 5.75 Å². The average molecular weight is 362 g/mol. The second kappa shape index (κ2) is 6.60. The number of nitrogens with one attached hydrogen (secondary N) is 1. The Hall–Kier alpha value is -1.36. The Morgan fingerprint density at radius 3 is 2.71 bits per heavy atom. The smallest absolute Gasteiger partial charge is 0.123 e. The number of halogens is 1. The standard InChI is InChI=1S/C17H16BrNOS/c1-20-16-7-6-12-4-2-3-5-13(12)14(16)10-19-11-17-15(18)8-9-21-17/h2-9,19H,10-11H2,1H3. The van der Waals surface area contributed by atoms with Crippen LogP contribution in [0.2, 0.25) is 0 Å². The molecule has 3 aromatic rings. The lowest BCUT2D eigenvalue weighted by Gasteiger charge is -2.13. The summed E-state index contributed by atoms with van der Waals surface area (Å²) in [6, 6.07) is 14.6. The van der Waals surface area contributed by atoms with Gasteiger partial charge in [-0.3, -0.25) is 0 Å². The summed E-state index contributed by atoms with van der Waals surface area (Å²) in [5.41, 5.74) is 1.21. The van der Waals surface area contributed by atoms with Gasteiger partial charge >= 0.3 is 0 Å². The van der Waals surface area contributed by atoms with E-state index in [-0.39, 0.29) is 0 Å². The van der Waals surface area contributed by atoms with Crippen molar-refractivity contribution in [1.82, 2.24) is 5.32 Å². The van der Waals surface area contributed by atoms with Crippen molar-refractivity contribution >= 4 is 38.0 Å². The number of fused-ring (bicyclic) bond motifs is 1. The summed E-state index contributed by atoms with van der Waals surface area (Å²) >= 11 is 5.32. The quantitative estimate of drug-likeness (QED) is 0.693. The number of ether oxygens (including phenoxy) is 1. The normalized spacial score (nSPS) is 11.0. The first-order valence-corrected chi connectivity index (χ1v) is 8.44. The van der Waals surface area contributed by atoms with E-state index in [9.17, 15) is 0 Å². The number of hydrogen-bond donors (Lipinski definition) is 1. The first-order chi connectivity index (χ1) is 10.3. The van der Waals surface area contributed by atoms with Crippen LogP contribution in [0.25, 0.3) is 10.8 Å². The van der Waals surface area contributed by atoms with Gasteiger partial charge < -0.3 is 10.1 Å². The summed E-state index contributed by atoms with van der Waals surface area (Å²) in [7, 11) is 1.73. The van der Waals surface area contributed by atoms with Gasteiger partial charge in [0.05, 0.1) is 7.11 Å². The average Bonchev–Trinajstić information content (AvgIpc) is 2.93. The van der Waals surface area contributed by atoms with Crippen LogP contribution in [0.3, 0.4) is 0 Å². The maximum Gasteiger partial charge on any atom is 0.123 e. The second-order valence-corrected chi connectivity index (χ2v) is 6.62. The van der Waals surface area contributed by atoms with Gasteiger partial charge in [0, 0.05) is 28.0 Å². The third-order valence-corrected chi connectivity index (χ3v) is 5.42. The molecule has 1 aromatic heterocycles. The fraction of sp³-hybridized carbons (Fsp3) is 0.176. The van der Waals surface area contributed by atoms with Gasteiger partial charge in [-0.05, 0) is 44.2 Å². The molecule has 0 saturated heterocycles. The molecule has 0 aliphatic carbocycles. The van der Waals surface area contributed by atoms with Crippen molar-refractivity contribution in [3.63, 3.8) is 0 Å². The molecular formula is C17H16BrNOS. The van der Waals surface area contributed by atoms with Crippen LogP contribution in [-0.4, -0.2) is 7.11 Å². The molecule has 0 saturated carbocycles. The van der Waals surface area contributed by atoms with E-state index in [4.69, 9.17) is 4.74 Å². The monoisotopic (exact) mass is 361 g/mol. The van der Waals surface area contributed by atoms with Crippen molar-refractivity contribution in [1.29, 1.82) is 0 Å². The minimum atomic E-state index is 0.787. The van der Waals surface area contributed by atoms with Crippen LogP contribution in [-0.2, 0) is 13.1 Å². The number of hydrogen-bond acceptors (Lipinski definition) is 3. The van der Waals surface area contributed by atoms with Crippen LogP contribution in [0.4, 0.5) is 0 Å². The van der Waals surface area contributed by atoms with Crippen molar-refractivity contribution in [2.24, 2.45) is 0 Å². The van der Waals surface area contributed by atoms with Crippen LogP contribution >= 0.6 is 27.3 Å². The predicted molar refractivity (Wildman–Crippen MR) is 93.1 cm³/mol. The third kappa shape index (κ3) is 3.12. The summed E-state index contributed by atoms with van der Waals surface area (Å²) in [6.45, 7) is 1.64. The van der Waals surface area contributed by atoms with Gasteiger partial charge in [-0.1, -0.05) is 30.3 Å². The molecular weight excluding hydrogens is 346 g/mol. The van der Waals surface area contributed by atoms with Crippen molar-refractivity contribution in [2.45, 2.75) is 13.1 Å². The lowest BCUT2D eigenvalue weighted by molar-refractivity contribution is 0.408. The summed E-state index contributed by atoms with van der Waals surface area (Å²) in [6.07, 6.45) is 0. The molecule has 0 aliphatic heterocycles. The molecule has 1 N–H and O–H groups in total. The molecule has 2 aromatic carbocycles. The second-order valence-electron chi connectivity index (χ2n) is 4.76. The SMILES string of the molecule is COc1ccc2ccccc2c1CNCc1sccc1Br. The minimum Gasteiger partial charge on any atom is -0.496 e. The molecule has 21 heavy (non-hydrogen) atoms. The Kier molecular flexibility index (Phi) is 4.58. The summed E-state index contributed by atoms with van der Waals surface area (Å²) in [5.74, 6) is 0.937. The van der Waals surface area contributed by atoms with Crippen molar-refractivity contribution in [3.8, 4) is 5.75 Å². The summed E-state index contributed by atoms with van der Waals surface area (Å²) in [4.78, 5) is 1.31. The molecule has 0 bridgehead atoms. The van der Waals surface area contributed by atoms with Crippen LogP contribution < -0.4 is 10.1 Å². The Morgan fingerprint density at radius 2 is 1.95 bits per heavy atom. The molecule has 0 radical (unpaired) electrons. The molecule has 0 fully saturated rings. The van der Waals surface area contributed by atoms with Gasteiger partial charge in [0.25, 0.3) is 0 Å². The number of methoxy groups -OCH3 is 1. The molecule has 3 rings (SSSR count). The van der Waals surface area contributed by atoms with Crippen molar-refractivity contribution in [2.75, 3.05) is 7.11 Å². The topological polar surface area (TPSA) is 21.3 Å². The first kappa shape index (κ1) is 14.6. The zero-order chi connectivity index (χ0) is 14.7. The molecule has 0 amide bonds. The van der Waals surface area contributed by atoms with E-state index in [2.05, 4.69) is 63.0 Å². The molecule has 0 unspecified atom stereocenters. The number of thiophene rings is 1. The van der Waals surface area contributed by atoms with Gasteiger partial charge in [-0.25, -0.2) is 0 Å². The lowest BCUT2D eigenvalue weighted by Crippen LogP contribution is -2.13. The van der Waals surface area contributed by atoms with Gasteiger partial charge in [0.15, 0.2) is 0 Å². The maximum absolute atomic E-state index is 5.52. The van der Waals surface area contributed by atoms with E-state index < -0.39 is 0 Å². The molecule has 0 atom stereocenters. The van der Waals surface area contributed by atoms with E-state index in [0.717, 1.165) is 18.8 Å². The summed E-state index contributed by atoms with van der Waals surface area (Å²) < 4.78 is 6.69. The Labute approximate surface area is 136 Å². The van der Waals surface area contributed by atoms with Crippen LogP contribution in [0.15, 0.2) is 52.3 Å².